The molecule has 0 saturated carbocycles. The molecule has 106 valence electrons. The summed E-state index contributed by atoms with van der Waals surface area (Å²) < 4.78 is 0. The van der Waals surface area contributed by atoms with Crippen LogP contribution < -0.4 is 0 Å². The molecule has 4 rings (SSSR count). The molecule has 2 aliphatic carbocycles. The van der Waals surface area contributed by atoms with E-state index in [9.17, 15) is 4.79 Å². The van der Waals surface area contributed by atoms with Gasteiger partial charge in [0.05, 0.1) is 0 Å². The van der Waals surface area contributed by atoms with Gasteiger partial charge in [0.25, 0.3) is 0 Å². The third kappa shape index (κ3) is 1.94. The van der Waals surface area contributed by atoms with Crippen molar-refractivity contribution >= 4 is 5.78 Å². The molecule has 0 N–H and O–H groups in total. The summed E-state index contributed by atoms with van der Waals surface area (Å²) in [5.41, 5.74) is 5.03. The Morgan fingerprint density at radius 1 is 0.952 bits per heavy atom. The molecule has 0 saturated heterocycles. The second kappa shape index (κ2) is 4.81. The summed E-state index contributed by atoms with van der Waals surface area (Å²) in [6, 6.07) is 17.5. The summed E-state index contributed by atoms with van der Waals surface area (Å²) in [4.78, 5) is 14.6. The zero-order chi connectivity index (χ0) is 14.4. The van der Waals surface area contributed by atoms with E-state index in [0.717, 1.165) is 18.4 Å². The zero-order valence-electron chi connectivity index (χ0n) is 12.3. The van der Waals surface area contributed by atoms with Gasteiger partial charge < -0.3 is 0 Å². The predicted octanol–water partition coefficient (Wildman–Crippen LogP) is 3.93. The van der Waals surface area contributed by atoms with E-state index >= 15 is 0 Å². The molecular formula is C19H19NO. The van der Waals surface area contributed by atoms with Gasteiger partial charge in [-0.1, -0.05) is 48.5 Å². The number of ketones is 1. The lowest BCUT2D eigenvalue weighted by atomic mass is 10.0. The van der Waals surface area contributed by atoms with E-state index in [-0.39, 0.29) is 11.8 Å². The standard InChI is InChI=1S/C19H19NO/c1-20(17-11-10-13-6-2-3-7-14(13)17)18-12-19(21)16-9-5-4-8-15(16)18/h2-9,17-18H,10-12H2,1H3. The van der Waals surface area contributed by atoms with Crippen LogP contribution in [0.25, 0.3) is 0 Å². The Morgan fingerprint density at radius 3 is 2.52 bits per heavy atom. The Kier molecular flexibility index (Phi) is 2.93. The maximum Gasteiger partial charge on any atom is 0.165 e. The van der Waals surface area contributed by atoms with Crippen LogP contribution in [0.2, 0.25) is 0 Å². The van der Waals surface area contributed by atoms with Crippen molar-refractivity contribution in [1.29, 1.82) is 0 Å². The first kappa shape index (κ1) is 12.8. The molecule has 0 heterocycles. The zero-order valence-corrected chi connectivity index (χ0v) is 12.3. The largest absolute Gasteiger partial charge is 0.294 e. The fourth-order valence-corrected chi connectivity index (χ4v) is 3.98. The molecule has 0 spiro atoms. The highest BCUT2D eigenvalue weighted by Gasteiger charge is 2.36. The Balaban J connectivity index is 1.68. The van der Waals surface area contributed by atoms with Crippen molar-refractivity contribution in [3.63, 3.8) is 0 Å². The summed E-state index contributed by atoms with van der Waals surface area (Å²) >= 11 is 0. The van der Waals surface area contributed by atoms with Crippen LogP contribution in [0.4, 0.5) is 0 Å². The van der Waals surface area contributed by atoms with Crippen LogP contribution in [0.5, 0.6) is 0 Å². The highest BCUT2D eigenvalue weighted by molar-refractivity contribution is 6.01. The van der Waals surface area contributed by atoms with Crippen LogP contribution >= 0.6 is 0 Å². The molecule has 0 aromatic heterocycles. The Bertz CT molecular complexity index is 706. The number of aryl methyl sites for hydroxylation is 1. The molecule has 2 nitrogen and oxygen atoms in total. The van der Waals surface area contributed by atoms with Crippen LogP contribution in [0, 0.1) is 0 Å². The van der Waals surface area contributed by atoms with Gasteiger partial charge in [0.15, 0.2) is 5.78 Å². The molecule has 0 fully saturated rings. The summed E-state index contributed by atoms with van der Waals surface area (Å²) in [5.74, 6) is 0.286. The molecule has 2 aromatic carbocycles. The van der Waals surface area contributed by atoms with Gasteiger partial charge >= 0.3 is 0 Å². The van der Waals surface area contributed by atoms with Crippen LogP contribution in [-0.2, 0) is 6.42 Å². The van der Waals surface area contributed by atoms with Crippen LogP contribution in [-0.4, -0.2) is 17.7 Å². The van der Waals surface area contributed by atoms with Crippen molar-refractivity contribution < 1.29 is 4.79 Å². The smallest absolute Gasteiger partial charge is 0.165 e. The van der Waals surface area contributed by atoms with E-state index < -0.39 is 0 Å². The number of Topliss-reactive ketones (excluding diaryl/α,β-unsaturated/α-hetero) is 1. The van der Waals surface area contributed by atoms with Crippen molar-refractivity contribution in [1.82, 2.24) is 4.90 Å². The maximum absolute atomic E-state index is 12.2. The number of rotatable bonds is 2. The lowest BCUT2D eigenvalue weighted by Crippen LogP contribution is -2.27. The second-order valence-electron chi connectivity index (χ2n) is 6.15. The number of hydrogen-bond acceptors (Lipinski definition) is 2. The lowest BCUT2D eigenvalue weighted by molar-refractivity contribution is 0.0942. The fourth-order valence-electron chi connectivity index (χ4n) is 3.98. The molecule has 2 atom stereocenters. The highest BCUT2D eigenvalue weighted by atomic mass is 16.1. The van der Waals surface area contributed by atoms with E-state index in [1.807, 2.05) is 18.2 Å². The minimum Gasteiger partial charge on any atom is -0.294 e. The monoisotopic (exact) mass is 277 g/mol. The van der Waals surface area contributed by atoms with Gasteiger partial charge in [0.1, 0.15) is 0 Å². The van der Waals surface area contributed by atoms with Gasteiger partial charge in [-0.3, -0.25) is 9.69 Å². The topological polar surface area (TPSA) is 20.3 Å². The minimum absolute atomic E-state index is 0.227. The molecule has 21 heavy (non-hydrogen) atoms. The van der Waals surface area contributed by atoms with E-state index in [1.54, 1.807) is 0 Å². The summed E-state index contributed by atoms with van der Waals surface area (Å²) in [7, 11) is 2.17. The minimum atomic E-state index is 0.227. The first-order valence-electron chi connectivity index (χ1n) is 7.67. The van der Waals surface area contributed by atoms with Crippen LogP contribution in [0.1, 0.15) is 52.0 Å². The second-order valence-corrected chi connectivity index (χ2v) is 6.15. The van der Waals surface area contributed by atoms with Crippen molar-refractivity contribution in [2.24, 2.45) is 0 Å². The van der Waals surface area contributed by atoms with Crippen LogP contribution in [0.15, 0.2) is 48.5 Å². The molecule has 0 aliphatic heterocycles. The van der Waals surface area contributed by atoms with Gasteiger partial charge in [0, 0.05) is 24.1 Å². The van der Waals surface area contributed by atoms with Gasteiger partial charge in [-0.05, 0) is 36.6 Å². The Morgan fingerprint density at radius 2 is 1.67 bits per heavy atom. The third-order valence-electron chi connectivity index (χ3n) is 5.08. The van der Waals surface area contributed by atoms with Crippen molar-refractivity contribution in [3.8, 4) is 0 Å². The van der Waals surface area contributed by atoms with Gasteiger partial charge in [-0.15, -0.1) is 0 Å². The van der Waals surface area contributed by atoms with Gasteiger partial charge in [-0.2, -0.15) is 0 Å². The number of carbonyl (C=O) groups excluding carboxylic acids is 1. The van der Waals surface area contributed by atoms with E-state index in [2.05, 4.69) is 42.3 Å². The quantitative estimate of drug-likeness (QED) is 0.829. The molecule has 2 aromatic rings. The Labute approximate surface area is 125 Å². The first-order chi connectivity index (χ1) is 10.3. The summed E-state index contributed by atoms with van der Waals surface area (Å²) in [6.45, 7) is 0. The van der Waals surface area contributed by atoms with Crippen molar-refractivity contribution in [2.45, 2.75) is 31.3 Å². The molecule has 0 bridgehead atoms. The third-order valence-corrected chi connectivity index (χ3v) is 5.08. The fraction of sp³-hybridized carbons (Fsp3) is 0.316. The first-order valence-corrected chi connectivity index (χ1v) is 7.67. The normalized spacial score (nSPS) is 23.4. The summed E-state index contributed by atoms with van der Waals surface area (Å²) in [5, 5.41) is 0. The predicted molar refractivity (Wildman–Crippen MR) is 83.4 cm³/mol. The number of carbonyl (C=O) groups is 1. The molecule has 2 unspecified atom stereocenters. The van der Waals surface area contributed by atoms with E-state index in [1.165, 1.54) is 16.7 Å². The van der Waals surface area contributed by atoms with Gasteiger partial charge in [-0.25, -0.2) is 0 Å². The molecule has 2 heteroatoms. The van der Waals surface area contributed by atoms with Crippen LogP contribution in [0.3, 0.4) is 0 Å². The molecular weight excluding hydrogens is 258 g/mol. The molecule has 2 aliphatic rings. The average molecular weight is 277 g/mol. The van der Waals surface area contributed by atoms with Crippen molar-refractivity contribution in [2.75, 3.05) is 7.05 Å². The Hall–Kier alpha value is -1.93. The van der Waals surface area contributed by atoms with E-state index in [0.29, 0.717) is 12.5 Å². The molecule has 0 amide bonds. The lowest BCUT2D eigenvalue weighted by Gasteiger charge is -2.31. The number of hydrogen-bond donors (Lipinski definition) is 0. The van der Waals surface area contributed by atoms with E-state index in [4.69, 9.17) is 0 Å². The van der Waals surface area contributed by atoms with Crippen molar-refractivity contribution in [3.05, 3.63) is 70.8 Å². The summed E-state index contributed by atoms with van der Waals surface area (Å²) in [6.07, 6.45) is 2.92. The number of benzene rings is 2. The SMILES string of the molecule is CN(C1CCc2ccccc21)C1CC(=O)c2ccccc21. The average Bonchev–Trinajstić information content (AvgIpc) is 3.09. The number of nitrogens with zero attached hydrogens (tertiary/aromatic N) is 1. The maximum atomic E-state index is 12.2. The molecule has 0 radical (unpaired) electrons. The highest BCUT2D eigenvalue weighted by Crippen LogP contribution is 2.43. The van der Waals surface area contributed by atoms with Gasteiger partial charge in [0.2, 0.25) is 0 Å². The number of fused-ring (bicyclic) bond motifs is 2.